The van der Waals surface area contributed by atoms with E-state index in [1.54, 1.807) is 0 Å². The largest absolute Gasteiger partial charge is 0.458 e. The van der Waals surface area contributed by atoms with Crippen molar-refractivity contribution in [3.8, 4) is 0 Å². The van der Waals surface area contributed by atoms with Gasteiger partial charge in [0.05, 0.1) is 6.20 Å². The molecule has 1 aromatic heterocycles. The van der Waals surface area contributed by atoms with Gasteiger partial charge >= 0.3 is 5.97 Å². The van der Waals surface area contributed by atoms with E-state index in [1.165, 1.54) is 23.5 Å². The van der Waals surface area contributed by atoms with Crippen LogP contribution in [0.4, 0.5) is 0 Å². The lowest BCUT2D eigenvalue weighted by Gasteiger charge is -2.27. The minimum atomic E-state index is -0.555. The molecular weight excluding hydrogens is 258 g/mol. The molecule has 0 spiro atoms. The number of likely N-dealkylation sites (tertiary alicyclic amines) is 1. The normalized spacial score (nSPS) is 18.9. The number of nitrogens with zero attached hydrogens (tertiary/aromatic N) is 3. The van der Waals surface area contributed by atoms with Gasteiger partial charge in [-0.2, -0.15) is 0 Å². The van der Waals surface area contributed by atoms with Crippen LogP contribution in [-0.4, -0.2) is 44.9 Å². The highest BCUT2D eigenvalue weighted by Crippen LogP contribution is 2.22. The summed E-state index contributed by atoms with van der Waals surface area (Å²) in [4.78, 5) is 33.9. The molecular formula is C14H19N3O3. The van der Waals surface area contributed by atoms with Gasteiger partial charge in [-0.1, -0.05) is 0 Å². The summed E-state index contributed by atoms with van der Waals surface area (Å²) in [6.07, 6.45) is 5.79. The van der Waals surface area contributed by atoms with Crippen LogP contribution < -0.4 is 0 Å². The fraction of sp³-hybridized carbons (Fsp3) is 0.571. The van der Waals surface area contributed by atoms with Crippen LogP contribution in [0, 0.1) is 0 Å². The van der Waals surface area contributed by atoms with Crippen molar-refractivity contribution in [2.24, 2.45) is 0 Å². The number of carbonyl (C=O) groups is 2. The highest BCUT2D eigenvalue weighted by Gasteiger charge is 2.37. The zero-order valence-corrected chi connectivity index (χ0v) is 12.0. The second-order valence-electron chi connectivity index (χ2n) is 5.78. The first-order valence-electron chi connectivity index (χ1n) is 6.68. The first-order chi connectivity index (χ1) is 9.38. The first kappa shape index (κ1) is 14.4. The Labute approximate surface area is 118 Å². The molecule has 1 saturated heterocycles. The number of ether oxygens (including phenoxy) is 1. The Balaban J connectivity index is 2.11. The molecule has 2 rings (SSSR count). The van der Waals surface area contributed by atoms with Gasteiger partial charge in [-0.3, -0.25) is 9.78 Å². The molecule has 0 aromatic carbocycles. The van der Waals surface area contributed by atoms with Crippen LogP contribution in [0.25, 0.3) is 0 Å². The standard InChI is InChI=1S/C14H19N3O3/c1-14(2,3)20-13(19)11-5-4-8-17(11)12(18)10-9-15-6-7-16-10/h6-7,9,11H,4-5,8H2,1-3H3/t11-/m0/s1. The quantitative estimate of drug-likeness (QED) is 0.764. The summed E-state index contributed by atoms with van der Waals surface area (Å²) in [5.41, 5.74) is -0.302. The second kappa shape index (κ2) is 5.56. The Morgan fingerprint density at radius 1 is 1.35 bits per heavy atom. The van der Waals surface area contributed by atoms with E-state index in [2.05, 4.69) is 9.97 Å². The molecule has 108 valence electrons. The Morgan fingerprint density at radius 3 is 2.70 bits per heavy atom. The van der Waals surface area contributed by atoms with Crippen molar-refractivity contribution in [2.45, 2.75) is 45.3 Å². The average molecular weight is 277 g/mol. The molecule has 0 N–H and O–H groups in total. The van der Waals surface area contributed by atoms with E-state index in [-0.39, 0.29) is 17.6 Å². The van der Waals surface area contributed by atoms with Crippen LogP contribution in [0.3, 0.4) is 0 Å². The van der Waals surface area contributed by atoms with Crippen LogP contribution in [0.2, 0.25) is 0 Å². The van der Waals surface area contributed by atoms with Crippen LogP contribution >= 0.6 is 0 Å². The molecule has 1 amide bonds. The van der Waals surface area contributed by atoms with Crippen molar-refractivity contribution in [3.05, 3.63) is 24.3 Å². The lowest BCUT2D eigenvalue weighted by molar-refractivity contribution is -0.159. The third kappa shape index (κ3) is 3.31. The molecule has 1 aromatic rings. The monoisotopic (exact) mass is 277 g/mol. The molecule has 1 atom stereocenters. The van der Waals surface area contributed by atoms with Crippen LogP contribution in [-0.2, 0) is 9.53 Å². The van der Waals surface area contributed by atoms with Crippen LogP contribution in [0.1, 0.15) is 44.1 Å². The summed E-state index contributed by atoms with van der Waals surface area (Å²) < 4.78 is 5.37. The number of carbonyl (C=O) groups excluding carboxylic acids is 2. The first-order valence-corrected chi connectivity index (χ1v) is 6.68. The molecule has 6 nitrogen and oxygen atoms in total. The van der Waals surface area contributed by atoms with E-state index in [0.717, 1.165) is 6.42 Å². The molecule has 2 heterocycles. The van der Waals surface area contributed by atoms with E-state index in [4.69, 9.17) is 4.74 Å². The number of esters is 1. The van der Waals surface area contributed by atoms with E-state index in [0.29, 0.717) is 13.0 Å². The lowest BCUT2D eigenvalue weighted by Crippen LogP contribution is -2.43. The van der Waals surface area contributed by atoms with E-state index in [9.17, 15) is 9.59 Å². The summed E-state index contributed by atoms with van der Waals surface area (Å²) in [5, 5.41) is 0. The van der Waals surface area contributed by atoms with E-state index < -0.39 is 11.6 Å². The Kier molecular flexibility index (Phi) is 4.01. The highest BCUT2D eigenvalue weighted by atomic mass is 16.6. The zero-order valence-electron chi connectivity index (χ0n) is 12.0. The van der Waals surface area contributed by atoms with Gasteiger partial charge in [-0.15, -0.1) is 0 Å². The zero-order chi connectivity index (χ0) is 14.8. The molecule has 0 bridgehead atoms. The second-order valence-corrected chi connectivity index (χ2v) is 5.78. The van der Waals surface area contributed by atoms with E-state index >= 15 is 0 Å². The van der Waals surface area contributed by atoms with Gasteiger partial charge in [0.25, 0.3) is 5.91 Å². The minimum Gasteiger partial charge on any atom is -0.458 e. The maximum absolute atomic E-state index is 12.3. The Bertz CT molecular complexity index is 496. The fourth-order valence-electron chi connectivity index (χ4n) is 2.18. The van der Waals surface area contributed by atoms with Gasteiger partial charge in [0.1, 0.15) is 17.3 Å². The van der Waals surface area contributed by atoms with Crippen LogP contribution in [0.15, 0.2) is 18.6 Å². The summed E-state index contributed by atoms with van der Waals surface area (Å²) in [6, 6.07) is -0.524. The Morgan fingerprint density at radius 2 is 2.10 bits per heavy atom. The van der Waals surface area contributed by atoms with Gasteiger partial charge in [-0.25, -0.2) is 9.78 Å². The van der Waals surface area contributed by atoms with Crippen molar-refractivity contribution in [2.75, 3.05) is 6.54 Å². The molecule has 20 heavy (non-hydrogen) atoms. The fourth-order valence-corrected chi connectivity index (χ4v) is 2.18. The van der Waals surface area contributed by atoms with Crippen molar-refractivity contribution in [1.82, 2.24) is 14.9 Å². The minimum absolute atomic E-state index is 0.253. The number of aromatic nitrogens is 2. The van der Waals surface area contributed by atoms with Gasteiger partial charge in [-0.05, 0) is 33.6 Å². The lowest BCUT2D eigenvalue weighted by atomic mass is 10.1. The summed E-state index contributed by atoms with van der Waals surface area (Å²) in [7, 11) is 0. The third-order valence-corrected chi connectivity index (χ3v) is 2.97. The predicted molar refractivity (Wildman–Crippen MR) is 71.9 cm³/mol. The maximum Gasteiger partial charge on any atom is 0.329 e. The van der Waals surface area contributed by atoms with Gasteiger partial charge in [0, 0.05) is 18.9 Å². The smallest absolute Gasteiger partial charge is 0.329 e. The van der Waals surface area contributed by atoms with Crippen LogP contribution in [0.5, 0.6) is 0 Å². The Hall–Kier alpha value is -1.98. The molecule has 0 radical (unpaired) electrons. The van der Waals surface area contributed by atoms with Crippen molar-refractivity contribution in [3.63, 3.8) is 0 Å². The third-order valence-electron chi connectivity index (χ3n) is 2.97. The summed E-state index contributed by atoms with van der Waals surface area (Å²) >= 11 is 0. The molecule has 1 aliphatic heterocycles. The summed E-state index contributed by atoms with van der Waals surface area (Å²) in [5.74, 6) is -0.626. The average Bonchev–Trinajstić information content (AvgIpc) is 2.86. The predicted octanol–water partition coefficient (Wildman–Crippen LogP) is 1.42. The summed E-state index contributed by atoms with van der Waals surface area (Å²) in [6.45, 7) is 5.98. The van der Waals surface area contributed by atoms with Gasteiger partial charge in [0.15, 0.2) is 0 Å². The molecule has 6 heteroatoms. The molecule has 0 saturated carbocycles. The molecule has 0 aliphatic carbocycles. The van der Waals surface area contributed by atoms with Gasteiger partial charge in [0.2, 0.25) is 0 Å². The number of hydrogen-bond acceptors (Lipinski definition) is 5. The van der Waals surface area contributed by atoms with E-state index in [1.807, 2.05) is 20.8 Å². The van der Waals surface area contributed by atoms with Crippen molar-refractivity contribution in [1.29, 1.82) is 0 Å². The number of hydrogen-bond donors (Lipinski definition) is 0. The molecule has 1 aliphatic rings. The molecule has 0 unspecified atom stereocenters. The highest BCUT2D eigenvalue weighted by molar-refractivity contribution is 5.95. The molecule has 1 fully saturated rings. The van der Waals surface area contributed by atoms with Crippen molar-refractivity contribution < 1.29 is 14.3 Å². The SMILES string of the molecule is CC(C)(C)OC(=O)[C@@H]1CCCN1C(=O)c1cnccn1. The number of rotatable bonds is 2. The maximum atomic E-state index is 12.3. The topological polar surface area (TPSA) is 72.4 Å². The number of amides is 1. The van der Waals surface area contributed by atoms with Crippen molar-refractivity contribution >= 4 is 11.9 Å². The van der Waals surface area contributed by atoms with Gasteiger partial charge < -0.3 is 9.64 Å².